The summed E-state index contributed by atoms with van der Waals surface area (Å²) in [7, 11) is 4.58. The van der Waals surface area contributed by atoms with Crippen LogP contribution in [-0.4, -0.2) is 38.4 Å². The van der Waals surface area contributed by atoms with E-state index >= 15 is 0 Å². The van der Waals surface area contributed by atoms with E-state index in [0.29, 0.717) is 44.9 Å². The summed E-state index contributed by atoms with van der Waals surface area (Å²) in [6.45, 7) is 1.91. The first-order valence-corrected chi connectivity index (χ1v) is 8.24. The van der Waals surface area contributed by atoms with Gasteiger partial charge >= 0.3 is 0 Å². The number of benzene rings is 1. The molecule has 2 aromatic rings. The number of nitrogens with two attached hydrogens (primary N) is 1. The van der Waals surface area contributed by atoms with Gasteiger partial charge in [0.1, 0.15) is 4.88 Å². The number of amides is 1. The first-order valence-electron chi connectivity index (χ1n) is 7.42. The highest BCUT2D eigenvalue weighted by Gasteiger charge is 2.15. The summed E-state index contributed by atoms with van der Waals surface area (Å²) in [6.07, 6.45) is 2.10. The van der Waals surface area contributed by atoms with Crippen molar-refractivity contribution in [1.29, 1.82) is 0 Å². The van der Waals surface area contributed by atoms with Gasteiger partial charge in [-0.3, -0.25) is 4.79 Å². The molecule has 0 radical (unpaired) electrons. The quantitative estimate of drug-likeness (QED) is 0.575. The monoisotopic (exact) mass is 364 g/mol. The molecule has 3 N–H and O–H groups in total. The Morgan fingerprint density at radius 3 is 2.44 bits per heavy atom. The molecule has 0 atom stereocenters. The molecule has 0 spiro atoms. The number of hydrogen-bond donors (Lipinski definition) is 2. The van der Waals surface area contributed by atoms with Crippen LogP contribution in [0.15, 0.2) is 17.2 Å². The van der Waals surface area contributed by atoms with Crippen LogP contribution in [0.5, 0.6) is 17.2 Å². The number of carbonyl (C=O) groups excluding carboxylic acids is 1. The lowest BCUT2D eigenvalue weighted by Gasteiger charge is -2.12. The number of ether oxygens (including phenoxy) is 3. The average molecular weight is 364 g/mol. The Kier molecular flexibility index (Phi) is 6.18. The van der Waals surface area contributed by atoms with Crippen LogP contribution in [0.2, 0.25) is 0 Å². The van der Waals surface area contributed by atoms with Crippen LogP contribution < -0.4 is 25.4 Å². The van der Waals surface area contributed by atoms with Gasteiger partial charge in [0.15, 0.2) is 16.6 Å². The number of hydrazone groups is 1. The number of thiazole rings is 1. The zero-order valence-electron chi connectivity index (χ0n) is 14.5. The van der Waals surface area contributed by atoms with Crippen molar-refractivity contribution in [3.63, 3.8) is 0 Å². The number of anilines is 1. The second-order valence-electron chi connectivity index (χ2n) is 4.84. The number of hydrogen-bond acceptors (Lipinski definition) is 8. The Labute approximate surface area is 149 Å². The van der Waals surface area contributed by atoms with Crippen LogP contribution in [0.1, 0.15) is 27.9 Å². The molecule has 0 saturated heterocycles. The molecule has 1 aromatic heterocycles. The third-order valence-corrected chi connectivity index (χ3v) is 4.25. The molecule has 0 aliphatic carbocycles. The summed E-state index contributed by atoms with van der Waals surface area (Å²) in [5, 5.41) is 4.33. The van der Waals surface area contributed by atoms with Gasteiger partial charge in [0, 0.05) is 5.56 Å². The van der Waals surface area contributed by atoms with Gasteiger partial charge in [-0.1, -0.05) is 18.3 Å². The topological polar surface area (TPSA) is 108 Å². The number of methoxy groups -OCH3 is 3. The maximum Gasteiger partial charge on any atom is 0.283 e. The van der Waals surface area contributed by atoms with Crippen molar-refractivity contribution < 1.29 is 19.0 Å². The maximum atomic E-state index is 12.2. The lowest BCUT2D eigenvalue weighted by atomic mass is 10.2. The van der Waals surface area contributed by atoms with E-state index in [4.69, 9.17) is 19.9 Å². The molecule has 0 aliphatic heterocycles. The van der Waals surface area contributed by atoms with Crippen LogP contribution in [0.3, 0.4) is 0 Å². The molecule has 0 saturated carbocycles. The minimum Gasteiger partial charge on any atom is -0.493 e. The zero-order chi connectivity index (χ0) is 18.4. The van der Waals surface area contributed by atoms with Gasteiger partial charge in [-0.25, -0.2) is 10.4 Å². The molecule has 9 heteroatoms. The number of nitrogens with zero attached hydrogens (tertiary/aromatic N) is 2. The van der Waals surface area contributed by atoms with Gasteiger partial charge in [0.25, 0.3) is 5.91 Å². The van der Waals surface area contributed by atoms with E-state index in [2.05, 4.69) is 15.5 Å². The molecule has 2 rings (SSSR count). The van der Waals surface area contributed by atoms with E-state index < -0.39 is 0 Å². The van der Waals surface area contributed by atoms with Crippen molar-refractivity contribution in [1.82, 2.24) is 10.4 Å². The minimum absolute atomic E-state index is 0.352. The van der Waals surface area contributed by atoms with Crippen molar-refractivity contribution in [2.24, 2.45) is 5.10 Å². The molecule has 1 heterocycles. The Morgan fingerprint density at radius 1 is 1.28 bits per heavy atom. The first kappa shape index (κ1) is 18.5. The molecular formula is C16H20N4O4S. The van der Waals surface area contributed by atoms with Gasteiger partial charge in [-0.2, -0.15) is 5.10 Å². The second-order valence-corrected chi connectivity index (χ2v) is 5.87. The van der Waals surface area contributed by atoms with Gasteiger partial charge in [0.2, 0.25) is 5.75 Å². The van der Waals surface area contributed by atoms with Crippen LogP contribution in [0.4, 0.5) is 5.13 Å². The summed E-state index contributed by atoms with van der Waals surface area (Å²) in [5.74, 6) is 1.13. The van der Waals surface area contributed by atoms with E-state index in [9.17, 15) is 4.79 Å². The van der Waals surface area contributed by atoms with Crippen molar-refractivity contribution >= 4 is 28.6 Å². The second kappa shape index (κ2) is 8.34. The molecule has 1 amide bonds. The van der Waals surface area contributed by atoms with Crippen LogP contribution in [-0.2, 0) is 6.42 Å². The largest absolute Gasteiger partial charge is 0.493 e. The smallest absolute Gasteiger partial charge is 0.283 e. The van der Waals surface area contributed by atoms with E-state index in [1.807, 2.05) is 6.92 Å². The van der Waals surface area contributed by atoms with Crippen LogP contribution in [0, 0.1) is 0 Å². The summed E-state index contributed by atoms with van der Waals surface area (Å²) in [6, 6.07) is 3.44. The standard InChI is InChI=1S/C16H20N4O4S/c1-5-10-14(25-16(17)19-10)15(21)20-18-8-9-6-11(22-2)13(24-4)12(7-9)23-3/h6-8H,5H2,1-4H3,(H2,17,19)(H,20,21). The number of nitrogen functional groups attached to an aromatic ring is 1. The van der Waals surface area contributed by atoms with Crippen molar-refractivity contribution in [2.75, 3.05) is 27.1 Å². The highest BCUT2D eigenvalue weighted by atomic mass is 32.1. The molecule has 1 aromatic carbocycles. The van der Waals surface area contributed by atoms with Gasteiger partial charge < -0.3 is 19.9 Å². The Hall–Kier alpha value is -2.81. The van der Waals surface area contributed by atoms with E-state index in [1.54, 1.807) is 12.1 Å². The van der Waals surface area contributed by atoms with Gasteiger partial charge in [-0.15, -0.1) is 0 Å². The number of rotatable bonds is 7. The summed E-state index contributed by atoms with van der Waals surface area (Å²) >= 11 is 1.13. The van der Waals surface area contributed by atoms with Gasteiger partial charge in [-0.05, 0) is 18.6 Å². The summed E-state index contributed by atoms with van der Waals surface area (Å²) in [5.41, 5.74) is 9.46. The Balaban J connectivity index is 2.17. The highest BCUT2D eigenvalue weighted by molar-refractivity contribution is 7.17. The lowest BCUT2D eigenvalue weighted by Crippen LogP contribution is -2.17. The predicted molar refractivity (Wildman–Crippen MR) is 97.1 cm³/mol. The van der Waals surface area contributed by atoms with E-state index in [0.717, 1.165) is 11.3 Å². The summed E-state index contributed by atoms with van der Waals surface area (Å²) in [4.78, 5) is 16.8. The molecule has 0 aliphatic rings. The molecule has 8 nitrogen and oxygen atoms in total. The van der Waals surface area contributed by atoms with Crippen molar-refractivity contribution in [3.05, 3.63) is 28.3 Å². The normalized spacial score (nSPS) is 10.7. The molecular weight excluding hydrogens is 344 g/mol. The molecule has 25 heavy (non-hydrogen) atoms. The lowest BCUT2D eigenvalue weighted by molar-refractivity contribution is 0.0958. The number of aromatic nitrogens is 1. The fourth-order valence-electron chi connectivity index (χ4n) is 2.18. The summed E-state index contributed by atoms with van der Waals surface area (Å²) < 4.78 is 15.8. The minimum atomic E-state index is -0.352. The highest BCUT2D eigenvalue weighted by Crippen LogP contribution is 2.37. The molecule has 134 valence electrons. The average Bonchev–Trinajstić information content (AvgIpc) is 3.01. The van der Waals surface area contributed by atoms with Crippen LogP contribution >= 0.6 is 11.3 Å². The van der Waals surface area contributed by atoms with Gasteiger partial charge in [0.05, 0.1) is 33.2 Å². The van der Waals surface area contributed by atoms with Crippen molar-refractivity contribution in [3.8, 4) is 17.2 Å². The molecule has 0 unspecified atom stereocenters. The maximum absolute atomic E-state index is 12.2. The van der Waals surface area contributed by atoms with E-state index in [1.165, 1.54) is 27.5 Å². The fraction of sp³-hybridized carbons (Fsp3) is 0.312. The number of aryl methyl sites for hydroxylation is 1. The third-order valence-electron chi connectivity index (χ3n) is 3.32. The third kappa shape index (κ3) is 4.18. The molecule has 0 fully saturated rings. The Morgan fingerprint density at radius 2 is 1.92 bits per heavy atom. The zero-order valence-corrected chi connectivity index (χ0v) is 15.3. The molecule has 0 bridgehead atoms. The van der Waals surface area contributed by atoms with Crippen LogP contribution in [0.25, 0.3) is 0 Å². The number of nitrogens with one attached hydrogen (secondary N) is 1. The number of carbonyl (C=O) groups is 1. The SMILES string of the molecule is CCc1nc(N)sc1C(=O)NN=Cc1cc(OC)c(OC)c(OC)c1. The Bertz CT molecular complexity index is 763. The predicted octanol–water partition coefficient (Wildman–Crippen LogP) is 2.08. The fourth-order valence-corrected chi connectivity index (χ4v) is 2.99. The van der Waals surface area contributed by atoms with Crippen molar-refractivity contribution in [2.45, 2.75) is 13.3 Å². The van der Waals surface area contributed by atoms with E-state index in [-0.39, 0.29) is 5.91 Å². The first-order chi connectivity index (χ1) is 12.0.